The molecule has 1 aliphatic heterocycles. The Balaban J connectivity index is 1.65. The van der Waals surface area contributed by atoms with Gasteiger partial charge in [0.05, 0.1) is 11.3 Å². The second kappa shape index (κ2) is 7.12. The molecule has 2 aromatic rings. The number of anilines is 1. The van der Waals surface area contributed by atoms with E-state index in [1.807, 2.05) is 0 Å². The van der Waals surface area contributed by atoms with Crippen molar-refractivity contribution in [1.82, 2.24) is 0 Å². The lowest BCUT2D eigenvalue weighted by Crippen LogP contribution is -2.23. The lowest BCUT2D eigenvalue weighted by molar-refractivity contribution is -0.385. The zero-order valence-corrected chi connectivity index (χ0v) is 13.4. The van der Waals surface area contributed by atoms with E-state index in [0.717, 1.165) is 12.1 Å². The highest BCUT2D eigenvalue weighted by atomic mass is 16.6. The molecule has 128 valence electrons. The van der Waals surface area contributed by atoms with Crippen molar-refractivity contribution in [3.63, 3.8) is 0 Å². The van der Waals surface area contributed by atoms with Crippen LogP contribution in [0, 0.1) is 10.1 Å². The van der Waals surface area contributed by atoms with E-state index in [2.05, 4.69) is 0 Å². The lowest BCUT2D eigenvalue weighted by Gasteiger charge is -2.15. The molecule has 0 atom stereocenters. The van der Waals surface area contributed by atoms with Crippen LogP contribution >= 0.6 is 0 Å². The summed E-state index contributed by atoms with van der Waals surface area (Å²) in [5.74, 6) is -0.167. The maximum absolute atomic E-state index is 12.0. The fourth-order valence-corrected chi connectivity index (χ4v) is 2.78. The lowest BCUT2D eigenvalue weighted by atomic mass is 10.1. The Labute approximate surface area is 144 Å². The molecule has 0 saturated carbocycles. The van der Waals surface area contributed by atoms with Gasteiger partial charge in [0.15, 0.2) is 0 Å². The molecule has 1 aliphatic rings. The van der Waals surface area contributed by atoms with E-state index in [0.29, 0.717) is 24.3 Å². The maximum Gasteiger partial charge on any atom is 0.315 e. The van der Waals surface area contributed by atoms with Crippen molar-refractivity contribution >= 4 is 23.3 Å². The van der Waals surface area contributed by atoms with Gasteiger partial charge in [-0.1, -0.05) is 18.2 Å². The number of nitro benzene ring substituents is 1. The first-order valence-corrected chi connectivity index (χ1v) is 7.88. The smallest absolute Gasteiger partial charge is 0.315 e. The molecule has 0 bridgehead atoms. The van der Waals surface area contributed by atoms with Crippen molar-refractivity contribution in [3.05, 3.63) is 64.2 Å². The van der Waals surface area contributed by atoms with Crippen molar-refractivity contribution in [3.8, 4) is 5.75 Å². The number of benzene rings is 2. The van der Waals surface area contributed by atoms with Crippen LogP contribution in [0.2, 0.25) is 0 Å². The Kier molecular flexibility index (Phi) is 4.74. The van der Waals surface area contributed by atoms with E-state index in [1.54, 1.807) is 41.3 Å². The molecule has 1 amide bonds. The molecule has 2 aromatic carbocycles. The first-order valence-electron chi connectivity index (χ1n) is 7.88. The van der Waals surface area contributed by atoms with Crippen LogP contribution in [-0.2, 0) is 16.0 Å². The third kappa shape index (κ3) is 3.82. The zero-order valence-electron chi connectivity index (χ0n) is 13.4. The van der Waals surface area contributed by atoms with Crippen LogP contribution < -0.4 is 9.64 Å². The molecule has 0 unspecified atom stereocenters. The number of rotatable bonds is 5. The zero-order chi connectivity index (χ0) is 17.8. The number of amides is 1. The van der Waals surface area contributed by atoms with E-state index < -0.39 is 10.9 Å². The fourth-order valence-electron chi connectivity index (χ4n) is 2.78. The number of hydrogen-bond donors (Lipinski definition) is 0. The van der Waals surface area contributed by atoms with Gasteiger partial charge in [0.2, 0.25) is 5.91 Å². The number of para-hydroxylation sites is 1. The van der Waals surface area contributed by atoms with Crippen molar-refractivity contribution in [2.45, 2.75) is 19.3 Å². The molecule has 3 rings (SSSR count). The van der Waals surface area contributed by atoms with Crippen molar-refractivity contribution in [2.24, 2.45) is 0 Å². The number of carbonyl (C=O) groups excluding carboxylic acids is 2. The van der Waals surface area contributed by atoms with Gasteiger partial charge in [-0.3, -0.25) is 19.7 Å². The average molecular weight is 340 g/mol. The van der Waals surface area contributed by atoms with Gasteiger partial charge >= 0.3 is 5.97 Å². The third-order valence-electron chi connectivity index (χ3n) is 3.98. The monoisotopic (exact) mass is 340 g/mol. The van der Waals surface area contributed by atoms with Gasteiger partial charge in [-0.15, -0.1) is 0 Å². The van der Waals surface area contributed by atoms with E-state index in [4.69, 9.17) is 4.74 Å². The van der Waals surface area contributed by atoms with Crippen LogP contribution in [0.1, 0.15) is 18.4 Å². The minimum absolute atomic E-state index is 0.0844. The maximum atomic E-state index is 12.0. The van der Waals surface area contributed by atoms with E-state index >= 15 is 0 Å². The molecule has 1 saturated heterocycles. The van der Waals surface area contributed by atoms with Gasteiger partial charge < -0.3 is 9.64 Å². The minimum atomic E-state index is -0.584. The van der Waals surface area contributed by atoms with Gasteiger partial charge in [0.25, 0.3) is 5.69 Å². The van der Waals surface area contributed by atoms with Crippen molar-refractivity contribution in [2.75, 3.05) is 11.4 Å². The molecule has 1 fully saturated rings. The Morgan fingerprint density at radius 1 is 1.16 bits per heavy atom. The summed E-state index contributed by atoms with van der Waals surface area (Å²) in [4.78, 5) is 35.9. The summed E-state index contributed by atoms with van der Waals surface area (Å²) >= 11 is 0. The van der Waals surface area contributed by atoms with Crippen LogP contribution in [0.5, 0.6) is 5.75 Å². The Bertz CT molecular complexity index is 816. The molecular weight excluding hydrogens is 324 g/mol. The molecule has 1 heterocycles. The predicted molar refractivity (Wildman–Crippen MR) is 90.5 cm³/mol. The molecule has 0 radical (unpaired) electrons. The number of nitrogens with zero attached hydrogens (tertiary/aromatic N) is 2. The van der Waals surface area contributed by atoms with Crippen LogP contribution in [-0.4, -0.2) is 23.3 Å². The summed E-state index contributed by atoms with van der Waals surface area (Å²) in [6, 6.07) is 12.7. The second-order valence-corrected chi connectivity index (χ2v) is 5.68. The number of nitro groups is 1. The van der Waals surface area contributed by atoms with Crippen LogP contribution in [0.3, 0.4) is 0 Å². The van der Waals surface area contributed by atoms with E-state index in [-0.39, 0.29) is 18.0 Å². The van der Waals surface area contributed by atoms with Gasteiger partial charge in [-0.2, -0.15) is 0 Å². The molecule has 0 spiro atoms. The van der Waals surface area contributed by atoms with Gasteiger partial charge in [0, 0.05) is 30.3 Å². The largest absolute Gasteiger partial charge is 0.426 e. The number of esters is 1. The summed E-state index contributed by atoms with van der Waals surface area (Å²) in [5, 5.41) is 11.0. The Morgan fingerprint density at radius 3 is 2.52 bits per heavy atom. The molecule has 0 aromatic heterocycles. The van der Waals surface area contributed by atoms with Crippen LogP contribution in [0.25, 0.3) is 0 Å². The summed E-state index contributed by atoms with van der Waals surface area (Å²) in [6.45, 7) is 0.690. The molecule has 7 nitrogen and oxygen atoms in total. The van der Waals surface area contributed by atoms with Crippen LogP contribution in [0.15, 0.2) is 48.5 Å². The third-order valence-corrected chi connectivity index (χ3v) is 3.98. The summed E-state index contributed by atoms with van der Waals surface area (Å²) in [5.41, 5.74) is 0.958. The minimum Gasteiger partial charge on any atom is -0.426 e. The SMILES string of the molecule is O=C(Cc1ccccc1[N+](=O)[O-])Oc1ccc(N2CCCC2=O)cc1. The first-order chi connectivity index (χ1) is 12.0. The Hall–Kier alpha value is -3.22. The molecular formula is C18H16N2O5. The quantitative estimate of drug-likeness (QED) is 0.361. The highest BCUT2D eigenvalue weighted by Crippen LogP contribution is 2.24. The summed E-state index contributed by atoms with van der Waals surface area (Å²) in [7, 11) is 0. The predicted octanol–water partition coefficient (Wildman–Crippen LogP) is 2.87. The topological polar surface area (TPSA) is 89.8 Å². The van der Waals surface area contributed by atoms with Crippen molar-refractivity contribution in [1.29, 1.82) is 0 Å². The number of hydrogen-bond acceptors (Lipinski definition) is 5. The van der Waals surface area contributed by atoms with E-state index in [9.17, 15) is 19.7 Å². The van der Waals surface area contributed by atoms with Crippen LogP contribution in [0.4, 0.5) is 11.4 Å². The van der Waals surface area contributed by atoms with Gasteiger partial charge in [-0.05, 0) is 30.7 Å². The van der Waals surface area contributed by atoms with Gasteiger partial charge in [0.1, 0.15) is 5.75 Å². The standard InChI is InChI=1S/C18H16N2O5/c21-17-6-3-11-19(17)14-7-9-15(10-8-14)25-18(22)12-13-4-1-2-5-16(13)20(23)24/h1-2,4-5,7-10H,3,6,11-12H2. The van der Waals surface area contributed by atoms with Crippen molar-refractivity contribution < 1.29 is 19.2 Å². The highest BCUT2D eigenvalue weighted by molar-refractivity contribution is 5.95. The summed E-state index contributed by atoms with van der Waals surface area (Å²) in [6.07, 6.45) is 1.20. The average Bonchev–Trinajstić information content (AvgIpc) is 3.02. The fraction of sp³-hybridized carbons (Fsp3) is 0.222. The first kappa shape index (κ1) is 16.6. The molecule has 0 N–H and O–H groups in total. The Morgan fingerprint density at radius 2 is 1.88 bits per heavy atom. The molecule has 7 heteroatoms. The number of ether oxygens (including phenoxy) is 1. The van der Waals surface area contributed by atoms with Gasteiger partial charge in [-0.25, -0.2) is 0 Å². The van der Waals surface area contributed by atoms with E-state index in [1.165, 1.54) is 12.1 Å². The second-order valence-electron chi connectivity index (χ2n) is 5.68. The summed E-state index contributed by atoms with van der Waals surface area (Å²) < 4.78 is 5.23. The normalized spacial score (nSPS) is 13.8. The molecule has 0 aliphatic carbocycles. The number of carbonyl (C=O) groups is 2. The highest BCUT2D eigenvalue weighted by Gasteiger charge is 2.22. The molecule has 25 heavy (non-hydrogen) atoms.